The molecule has 1 aliphatic heterocycles. The quantitative estimate of drug-likeness (QED) is 0.671. The third-order valence-electron chi connectivity index (χ3n) is 3.62. The molecule has 1 fully saturated rings. The molecule has 0 aliphatic carbocycles. The second kappa shape index (κ2) is 4.97. The Morgan fingerprint density at radius 3 is 2.87 bits per heavy atom. The van der Waals surface area contributed by atoms with Gasteiger partial charge in [0.15, 0.2) is 0 Å². The number of carbonyl (C=O) groups is 1. The van der Waals surface area contributed by atoms with Crippen molar-refractivity contribution in [2.24, 2.45) is 11.3 Å². The van der Waals surface area contributed by atoms with Crippen molar-refractivity contribution in [3.63, 3.8) is 0 Å². The van der Waals surface area contributed by atoms with Crippen molar-refractivity contribution in [2.75, 3.05) is 26.7 Å². The minimum absolute atomic E-state index is 0.0536. The van der Waals surface area contributed by atoms with Gasteiger partial charge < -0.3 is 9.64 Å². The van der Waals surface area contributed by atoms with Crippen LogP contribution >= 0.6 is 0 Å². The summed E-state index contributed by atoms with van der Waals surface area (Å²) in [5, 5.41) is 0. The molecule has 0 radical (unpaired) electrons. The number of esters is 1. The standard InChI is InChI=1S/C12H23NO2/c1-5-15-11(14)8-12(3)9-13(4)7-6-10(12)2/h10H,5-9H2,1-4H3. The highest BCUT2D eigenvalue weighted by molar-refractivity contribution is 5.70. The van der Waals surface area contributed by atoms with Gasteiger partial charge in [0.05, 0.1) is 13.0 Å². The minimum Gasteiger partial charge on any atom is -0.466 e. The molecule has 88 valence electrons. The lowest BCUT2D eigenvalue weighted by Gasteiger charge is -2.43. The summed E-state index contributed by atoms with van der Waals surface area (Å²) in [6, 6.07) is 0. The second-order valence-corrected chi connectivity index (χ2v) is 5.06. The van der Waals surface area contributed by atoms with E-state index in [1.807, 2.05) is 6.92 Å². The molecular formula is C12H23NO2. The van der Waals surface area contributed by atoms with Crippen LogP contribution < -0.4 is 0 Å². The zero-order chi connectivity index (χ0) is 11.5. The van der Waals surface area contributed by atoms with Gasteiger partial charge in [0.1, 0.15) is 0 Å². The van der Waals surface area contributed by atoms with Crippen molar-refractivity contribution in [1.29, 1.82) is 0 Å². The summed E-state index contributed by atoms with van der Waals surface area (Å²) in [7, 11) is 2.12. The molecule has 0 spiro atoms. The molecule has 0 aromatic rings. The van der Waals surface area contributed by atoms with Gasteiger partial charge in [-0.1, -0.05) is 13.8 Å². The highest BCUT2D eigenvalue weighted by atomic mass is 16.5. The molecule has 1 heterocycles. The maximum absolute atomic E-state index is 11.5. The van der Waals surface area contributed by atoms with Gasteiger partial charge >= 0.3 is 5.97 Å². The molecule has 0 aromatic heterocycles. The molecule has 0 aromatic carbocycles. The van der Waals surface area contributed by atoms with Crippen LogP contribution in [-0.2, 0) is 9.53 Å². The molecule has 1 saturated heterocycles. The maximum atomic E-state index is 11.5. The number of likely N-dealkylation sites (tertiary alicyclic amines) is 1. The van der Waals surface area contributed by atoms with E-state index in [-0.39, 0.29) is 11.4 Å². The Kier molecular flexibility index (Phi) is 4.14. The minimum atomic E-state index is -0.0536. The van der Waals surface area contributed by atoms with Gasteiger partial charge in [0, 0.05) is 6.54 Å². The third kappa shape index (κ3) is 3.20. The summed E-state index contributed by atoms with van der Waals surface area (Å²) >= 11 is 0. The first-order valence-electron chi connectivity index (χ1n) is 5.82. The summed E-state index contributed by atoms with van der Waals surface area (Å²) in [5.74, 6) is 0.542. The molecule has 2 atom stereocenters. The van der Waals surface area contributed by atoms with Crippen molar-refractivity contribution in [1.82, 2.24) is 4.90 Å². The van der Waals surface area contributed by atoms with E-state index < -0.39 is 0 Å². The third-order valence-corrected chi connectivity index (χ3v) is 3.62. The molecule has 3 nitrogen and oxygen atoms in total. The zero-order valence-corrected chi connectivity index (χ0v) is 10.4. The van der Waals surface area contributed by atoms with Crippen LogP contribution in [0.2, 0.25) is 0 Å². The fourth-order valence-electron chi connectivity index (χ4n) is 2.39. The fraction of sp³-hybridized carbons (Fsp3) is 0.917. The van der Waals surface area contributed by atoms with E-state index in [0.29, 0.717) is 18.9 Å². The van der Waals surface area contributed by atoms with Crippen LogP contribution in [0.15, 0.2) is 0 Å². The Balaban J connectivity index is 2.58. The molecular weight excluding hydrogens is 190 g/mol. The van der Waals surface area contributed by atoms with Gasteiger partial charge in [-0.05, 0) is 38.3 Å². The van der Waals surface area contributed by atoms with E-state index in [9.17, 15) is 4.79 Å². The van der Waals surface area contributed by atoms with Crippen molar-refractivity contribution >= 4 is 5.97 Å². The smallest absolute Gasteiger partial charge is 0.306 e. The lowest BCUT2D eigenvalue weighted by molar-refractivity contribution is -0.147. The Hall–Kier alpha value is -0.570. The number of rotatable bonds is 3. The molecule has 0 amide bonds. The SMILES string of the molecule is CCOC(=O)CC1(C)CN(C)CCC1C. The normalized spacial score (nSPS) is 32.7. The molecule has 1 aliphatic rings. The van der Waals surface area contributed by atoms with Crippen molar-refractivity contribution < 1.29 is 9.53 Å². The van der Waals surface area contributed by atoms with Gasteiger partial charge in [-0.2, -0.15) is 0 Å². The van der Waals surface area contributed by atoms with Gasteiger partial charge in [0.25, 0.3) is 0 Å². The average molecular weight is 213 g/mol. The van der Waals surface area contributed by atoms with Crippen LogP contribution in [-0.4, -0.2) is 37.6 Å². The molecule has 2 unspecified atom stereocenters. The Labute approximate surface area is 92.8 Å². The number of hydrogen-bond acceptors (Lipinski definition) is 3. The van der Waals surface area contributed by atoms with E-state index in [2.05, 4.69) is 25.8 Å². The maximum Gasteiger partial charge on any atom is 0.306 e. The molecule has 0 saturated carbocycles. The molecule has 1 rings (SSSR count). The summed E-state index contributed by atoms with van der Waals surface area (Å²) in [5.41, 5.74) is 0.0826. The van der Waals surface area contributed by atoms with E-state index in [0.717, 1.165) is 13.1 Å². The lowest BCUT2D eigenvalue weighted by Crippen LogP contribution is -2.45. The zero-order valence-electron chi connectivity index (χ0n) is 10.4. The Morgan fingerprint density at radius 2 is 2.27 bits per heavy atom. The van der Waals surface area contributed by atoms with Crippen LogP contribution in [0.1, 0.15) is 33.6 Å². The van der Waals surface area contributed by atoms with E-state index >= 15 is 0 Å². The van der Waals surface area contributed by atoms with Gasteiger partial charge in [0.2, 0.25) is 0 Å². The van der Waals surface area contributed by atoms with E-state index in [1.54, 1.807) is 0 Å². The highest BCUT2D eigenvalue weighted by Gasteiger charge is 2.37. The summed E-state index contributed by atoms with van der Waals surface area (Å²) in [6.07, 6.45) is 1.72. The summed E-state index contributed by atoms with van der Waals surface area (Å²) in [6.45, 7) is 8.92. The number of piperidine rings is 1. The fourth-order valence-corrected chi connectivity index (χ4v) is 2.39. The monoisotopic (exact) mass is 213 g/mol. The van der Waals surface area contributed by atoms with Crippen LogP contribution in [0.25, 0.3) is 0 Å². The van der Waals surface area contributed by atoms with Gasteiger partial charge in [-0.15, -0.1) is 0 Å². The number of hydrogen-bond donors (Lipinski definition) is 0. The Bertz CT molecular complexity index is 230. The molecule has 3 heteroatoms. The first-order valence-corrected chi connectivity index (χ1v) is 5.82. The largest absolute Gasteiger partial charge is 0.466 e. The first kappa shape index (κ1) is 12.5. The van der Waals surface area contributed by atoms with Crippen molar-refractivity contribution in [2.45, 2.75) is 33.6 Å². The number of ether oxygens (including phenoxy) is 1. The molecule has 15 heavy (non-hydrogen) atoms. The van der Waals surface area contributed by atoms with Gasteiger partial charge in [-0.3, -0.25) is 4.79 Å². The molecule has 0 N–H and O–H groups in total. The molecule has 0 bridgehead atoms. The predicted octanol–water partition coefficient (Wildman–Crippen LogP) is 1.92. The van der Waals surface area contributed by atoms with Crippen LogP contribution in [0, 0.1) is 11.3 Å². The van der Waals surface area contributed by atoms with Crippen LogP contribution in [0.3, 0.4) is 0 Å². The first-order chi connectivity index (χ1) is 6.98. The van der Waals surface area contributed by atoms with Crippen LogP contribution in [0.4, 0.5) is 0 Å². The predicted molar refractivity (Wildman–Crippen MR) is 60.6 cm³/mol. The lowest BCUT2D eigenvalue weighted by atomic mass is 9.71. The van der Waals surface area contributed by atoms with E-state index in [4.69, 9.17) is 4.74 Å². The average Bonchev–Trinajstić information content (AvgIpc) is 2.12. The topological polar surface area (TPSA) is 29.5 Å². The van der Waals surface area contributed by atoms with Gasteiger partial charge in [-0.25, -0.2) is 0 Å². The number of carbonyl (C=O) groups excluding carboxylic acids is 1. The van der Waals surface area contributed by atoms with Crippen molar-refractivity contribution in [3.8, 4) is 0 Å². The number of nitrogens with zero attached hydrogens (tertiary/aromatic N) is 1. The van der Waals surface area contributed by atoms with E-state index in [1.165, 1.54) is 6.42 Å². The summed E-state index contributed by atoms with van der Waals surface area (Å²) < 4.78 is 5.04. The van der Waals surface area contributed by atoms with Crippen LogP contribution in [0.5, 0.6) is 0 Å². The van der Waals surface area contributed by atoms with Crippen molar-refractivity contribution in [3.05, 3.63) is 0 Å². The summed E-state index contributed by atoms with van der Waals surface area (Å²) in [4.78, 5) is 13.8. The Morgan fingerprint density at radius 1 is 1.60 bits per heavy atom. The highest BCUT2D eigenvalue weighted by Crippen LogP contribution is 2.37. The second-order valence-electron chi connectivity index (χ2n) is 5.06.